The van der Waals surface area contributed by atoms with Crippen molar-refractivity contribution in [2.24, 2.45) is 5.10 Å². The largest absolute Gasteiger partial charge is 0.367 e. The lowest BCUT2D eigenvalue weighted by molar-refractivity contribution is 0.628. The minimum absolute atomic E-state index is 0.258. The zero-order valence-corrected chi connectivity index (χ0v) is 14.8. The van der Waals surface area contributed by atoms with Crippen molar-refractivity contribution < 1.29 is 4.39 Å². The summed E-state index contributed by atoms with van der Waals surface area (Å²) < 4.78 is 12.9. The highest BCUT2D eigenvalue weighted by Gasteiger charge is 2.05. The highest BCUT2D eigenvalue weighted by atomic mass is 19.1. The topological polar surface area (TPSA) is 27.6 Å². The van der Waals surface area contributed by atoms with Gasteiger partial charge in [0.2, 0.25) is 0 Å². The molecule has 0 aliphatic heterocycles. The summed E-state index contributed by atoms with van der Waals surface area (Å²) in [7, 11) is 0. The molecule has 26 heavy (non-hydrogen) atoms. The Morgan fingerprint density at radius 1 is 0.923 bits per heavy atom. The Hall–Kier alpha value is -3.14. The van der Waals surface area contributed by atoms with Gasteiger partial charge in [0, 0.05) is 18.8 Å². The summed E-state index contributed by atoms with van der Waals surface area (Å²) in [4.78, 5) is 2.33. The number of hydrazone groups is 1. The highest BCUT2D eigenvalue weighted by molar-refractivity contribution is 5.81. The third-order valence-corrected chi connectivity index (χ3v) is 4.11. The summed E-state index contributed by atoms with van der Waals surface area (Å²) in [5.74, 6) is -0.258. The van der Waals surface area contributed by atoms with E-state index in [1.807, 2.05) is 18.2 Å². The highest BCUT2D eigenvalue weighted by Crippen LogP contribution is 2.17. The van der Waals surface area contributed by atoms with Gasteiger partial charge in [-0.3, -0.25) is 5.43 Å². The van der Waals surface area contributed by atoms with Crippen LogP contribution in [0.5, 0.6) is 0 Å². The molecule has 0 aliphatic rings. The summed E-state index contributed by atoms with van der Waals surface area (Å²) in [6.07, 6.45) is 1.75. The van der Waals surface area contributed by atoms with Gasteiger partial charge in [-0.05, 0) is 54.4 Å². The van der Waals surface area contributed by atoms with Gasteiger partial charge >= 0.3 is 0 Å². The van der Waals surface area contributed by atoms with Crippen molar-refractivity contribution in [3.05, 3.63) is 95.8 Å². The Balaban J connectivity index is 1.61. The Bertz CT molecular complexity index is 828. The van der Waals surface area contributed by atoms with Gasteiger partial charge in [-0.25, -0.2) is 4.39 Å². The van der Waals surface area contributed by atoms with Crippen molar-refractivity contribution in [1.82, 2.24) is 0 Å². The molecule has 0 aliphatic carbocycles. The van der Waals surface area contributed by atoms with Crippen LogP contribution < -0.4 is 10.3 Å². The average Bonchev–Trinajstić information content (AvgIpc) is 2.69. The summed E-state index contributed by atoms with van der Waals surface area (Å²) in [6, 6.07) is 24.8. The zero-order valence-electron chi connectivity index (χ0n) is 14.8. The quantitative estimate of drug-likeness (QED) is 0.464. The van der Waals surface area contributed by atoms with E-state index in [1.165, 1.54) is 23.4 Å². The maximum atomic E-state index is 12.9. The minimum Gasteiger partial charge on any atom is -0.367 e. The molecule has 0 saturated heterocycles. The van der Waals surface area contributed by atoms with Crippen LogP contribution in [0.2, 0.25) is 0 Å². The van der Waals surface area contributed by atoms with Gasteiger partial charge in [0.25, 0.3) is 0 Å². The van der Waals surface area contributed by atoms with Crippen LogP contribution in [-0.2, 0) is 6.54 Å². The molecule has 1 N–H and O–H groups in total. The lowest BCUT2D eigenvalue weighted by atomic mass is 10.1. The second-order valence-corrected chi connectivity index (χ2v) is 5.97. The number of anilines is 2. The van der Waals surface area contributed by atoms with Crippen molar-refractivity contribution in [1.29, 1.82) is 0 Å². The van der Waals surface area contributed by atoms with Crippen LogP contribution in [0, 0.1) is 5.82 Å². The molecule has 0 radical (unpaired) electrons. The summed E-state index contributed by atoms with van der Waals surface area (Å²) >= 11 is 0. The maximum absolute atomic E-state index is 12.9. The molecule has 3 rings (SSSR count). The summed E-state index contributed by atoms with van der Waals surface area (Å²) in [5.41, 5.74) is 7.12. The van der Waals surface area contributed by atoms with E-state index in [9.17, 15) is 4.39 Å². The van der Waals surface area contributed by atoms with Crippen molar-refractivity contribution in [3.8, 4) is 0 Å². The summed E-state index contributed by atoms with van der Waals surface area (Å²) in [6.45, 7) is 3.98. The number of nitrogens with one attached hydrogen (secondary N) is 1. The Morgan fingerprint density at radius 2 is 1.62 bits per heavy atom. The molecule has 3 nitrogen and oxygen atoms in total. The first-order valence-corrected chi connectivity index (χ1v) is 8.68. The van der Waals surface area contributed by atoms with Crippen molar-refractivity contribution in [3.63, 3.8) is 0 Å². The molecule has 0 atom stereocenters. The van der Waals surface area contributed by atoms with E-state index in [1.54, 1.807) is 18.3 Å². The van der Waals surface area contributed by atoms with Gasteiger partial charge in [0.1, 0.15) is 5.82 Å². The van der Waals surface area contributed by atoms with E-state index in [-0.39, 0.29) is 5.82 Å². The lowest BCUT2D eigenvalue weighted by Crippen LogP contribution is -2.21. The van der Waals surface area contributed by atoms with E-state index in [0.29, 0.717) is 0 Å². The molecule has 0 unspecified atom stereocenters. The first kappa shape index (κ1) is 17.7. The van der Waals surface area contributed by atoms with Gasteiger partial charge in [0.15, 0.2) is 0 Å². The van der Waals surface area contributed by atoms with Gasteiger partial charge in [-0.2, -0.15) is 5.10 Å². The maximum Gasteiger partial charge on any atom is 0.123 e. The number of rotatable bonds is 7. The van der Waals surface area contributed by atoms with Gasteiger partial charge in [-0.15, -0.1) is 0 Å². The molecule has 3 aromatic carbocycles. The van der Waals surface area contributed by atoms with Gasteiger partial charge in [-0.1, -0.05) is 42.5 Å². The first-order valence-electron chi connectivity index (χ1n) is 8.68. The minimum atomic E-state index is -0.258. The predicted octanol–water partition coefficient (Wildman–Crippen LogP) is 5.30. The normalized spacial score (nSPS) is 10.8. The lowest BCUT2D eigenvalue weighted by Gasteiger charge is -2.23. The number of benzene rings is 3. The van der Waals surface area contributed by atoms with Gasteiger partial charge < -0.3 is 4.90 Å². The van der Waals surface area contributed by atoms with E-state index in [0.717, 1.165) is 24.3 Å². The van der Waals surface area contributed by atoms with Crippen LogP contribution in [0.25, 0.3) is 0 Å². The Morgan fingerprint density at radius 3 is 2.27 bits per heavy atom. The number of halogens is 1. The molecular weight excluding hydrogens is 325 g/mol. The fourth-order valence-electron chi connectivity index (χ4n) is 2.67. The van der Waals surface area contributed by atoms with E-state index >= 15 is 0 Å². The number of hydrogen-bond donors (Lipinski definition) is 1. The van der Waals surface area contributed by atoms with Crippen LogP contribution in [0.4, 0.5) is 15.8 Å². The molecule has 132 valence electrons. The molecular formula is C22H22FN3. The van der Waals surface area contributed by atoms with Crippen molar-refractivity contribution in [2.45, 2.75) is 13.5 Å². The molecule has 0 saturated carbocycles. The molecule has 0 heterocycles. The zero-order chi connectivity index (χ0) is 18.2. The number of nitrogens with zero attached hydrogens (tertiary/aromatic N) is 2. The smallest absolute Gasteiger partial charge is 0.123 e. The predicted molar refractivity (Wildman–Crippen MR) is 107 cm³/mol. The fourth-order valence-corrected chi connectivity index (χ4v) is 2.67. The van der Waals surface area contributed by atoms with E-state index in [4.69, 9.17) is 0 Å². The molecule has 0 aromatic heterocycles. The molecule has 0 spiro atoms. The van der Waals surface area contributed by atoms with Crippen LogP contribution in [0.1, 0.15) is 18.1 Å². The molecule has 4 heteroatoms. The Labute approximate surface area is 153 Å². The fraction of sp³-hybridized carbons (Fsp3) is 0.136. The van der Waals surface area contributed by atoms with E-state index in [2.05, 4.69) is 58.7 Å². The van der Waals surface area contributed by atoms with Gasteiger partial charge in [0.05, 0.1) is 11.9 Å². The number of hydrogen-bond acceptors (Lipinski definition) is 3. The van der Waals surface area contributed by atoms with Crippen molar-refractivity contribution in [2.75, 3.05) is 16.9 Å². The third-order valence-electron chi connectivity index (χ3n) is 4.11. The van der Waals surface area contributed by atoms with Crippen LogP contribution in [0.15, 0.2) is 84.0 Å². The average molecular weight is 347 g/mol. The second-order valence-electron chi connectivity index (χ2n) is 5.97. The summed E-state index contributed by atoms with van der Waals surface area (Å²) in [5, 5.41) is 4.19. The van der Waals surface area contributed by atoms with Crippen molar-refractivity contribution >= 4 is 17.6 Å². The monoisotopic (exact) mass is 347 g/mol. The molecule has 0 bridgehead atoms. The Kier molecular flexibility index (Phi) is 5.99. The van der Waals surface area contributed by atoms with Crippen LogP contribution >= 0.6 is 0 Å². The molecule has 0 fully saturated rings. The van der Waals surface area contributed by atoms with Crippen LogP contribution in [0.3, 0.4) is 0 Å². The third kappa shape index (κ3) is 4.93. The van der Waals surface area contributed by atoms with E-state index < -0.39 is 0 Å². The first-order chi connectivity index (χ1) is 12.7. The standard InChI is InChI=1S/C22H22FN3/c1-2-26(17-19-6-4-3-5-7-19)22-14-8-18(9-15-22)16-24-25-21-12-10-20(23)11-13-21/h3-16,25H,2,17H2,1H3/b24-16-. The molecule has 0 amide bonds. The van der Waals surface area contributed by atoms with Crippen LogP contribution in [-0.4, -0.2) is 12.8 Å². The molecule has 3 aromatic rings. The SMILES string of the molecule is CCN(Cc1ccccc1)c1ccc(/C=N\Nc2ccc(F)cc2)cc1. The second kappa shape index (κ2) is 8.81.